The summed E-state index contributed by atoms with van der Waals surface area (Å²) in [5.74, 6) is -0.291. The highest BCUT2D eigenvalue weighted by molar-refractivity contribution is 5.98. The van der Waals surface area contributed by atoms with Gasteiger partial charge in [0.1, 0.15) is 5.41 Å². The van der Waals surface area contributed by atoms with Crippen molar-refractivity contribution in [1.29, 1.82) is 5.26 Å². The largest absolute Gasteiger partial charge is 0.325 e. The van der Waals surface area contributed by atoms with Crippen molar-refractivity contribution in [2.24, 2.45) is 5.41 Å². The molecule has 0 saturated heterocycles. The van der Waals surface area contributed by atoms with Crippen LogP contribution in [0.25, 0.3) is 10.8 Å². The number of amides is 1. The molecule has 90 valence electrons. The van der Waals surface area contributed by atoms with Crippen LogP contribution in [0, 0.1) is 16.7 Å². The predicted octanol–water partition coefficient (Wildman–Crippen LogP) is 3.33. The lowest BCUT2D eigenvalue weighted by Crippen LogP contribution is -2.29. The van der Waals surface area contributed by atoms with Gasteiger partial charge < -0.3 is 5.32 Å². The highest BCUT2D eigenvalue weighted by Crippen LogP contribution is 2.21. The summed E-state index contributed by atoms with van der Waals surface area (Å²) >= 11 is 0. The Labute approximate surface area is 106 Å². The number of hydrogen-bond acceptors (Lipinski definition) is 2. The Kier molecular flexibility index (Phi) is 3.03. The number of nitriles is 1. The summed E-state index contributed by atoms with van der Waals surface area (Å²) in [6.45, 7) is 3.20. The molecule has 2 rings (SSSR count). The van der Waals surface area contributed by atoms with Crippen LogP contribution in [0.1, 0.15) is 13.8 Å². The van der Waals surface area contributed by atoms with Gasteiger partial charge in [0.2, 0.25) is 5.91 Å². The van der Waals surface area contributed by atoms with Crippen molar-refractivity contribution >= 4 is 22.4 Å². The molecule has 0 fully saturated rings. The summed E-state index contributed by atoms with van der Waals surface area (Å²) in [4.78, 5) is 11.9. The normalized spacial score (nSPS) is 10.9. The molecule has 0 spiro atoms. The van der Waals surface area contributed by atoms with E-state index in [9.17, 15) is 4.79 Å². The van der Waals surface area contributed by atoms with Gasteiger partial charge in [-0.05, 0) is 36.8 Å². The average Bonchev–Trinajstić information content (AvgIpc) is 2.38. The Morgan fingerprint density at radius 2 is 1.83 bits per heavy atom. The number of hydrogen-bond donors (Lipinski definition) is 1. The van der Waals surface area contributed by atoms with Gasteiger partial charge in [0.25, 0.3) is 0 Å². The summed E-state index contributed by atoms with van der Waals surface area (Å²) in [5.41, 5.74) is -0.312. The maximum absolute atomic E-state index is 11.9. The van der Waals surface area contributed by atoms with Crippen molar-refractivity contribution in [2.75, 3.05) is 5.32 Å². The molecule has 18 heavy (non-hydrogen) atoms. The molecular weight excluding hydrogens is 224 g/mol. The van der Waals surface area contributed by atoms with Gasteiger partial charge in [0.05, 0.1) is 6.07 Å². The molecule has 2 aromatic rings. The lowest BCUT2D eigenvalue weighted by Gasteiger charge is -2.15. The third-order valence-corrected chi connectivity index (χ3v) is 2.85. The fraction of sp³-hybridized carbons (Fsp3) is 0.200. The molecule has 0 heterocycles. The second-order valence-corrected chi connectivity index (χ2v) is 4.75. The second-order valence-electron chi connectivity index (χ2n) is 4.75. The molecule has 0 radical (unpaired) electrons. The maximum atomic E-state index is 11.9. The molecule has 0 aliphatic carbocycles. The Morgan fingerprint density at radius 3 is 2.50 bits per heavy atom. The first-order chi connectivity index (χ1) is 8.53. The molecule has 0 unspecified atom stereocenters. The molecule has 0 aliphatic rings. The number of nitrogens with one attached hydrogen (secondary N) is 1. The van der Waals surface area contributed by atoms with E-state index in [0.717, 1.165) is 10.8 Å². The number of benzene rings is 2. The van der Waals surface area contributed by atoms with Gasteiger partial charge in [-0.2, -0.15) is 5.26 Å². The molecule has 1 N–H and O–H groups in total. The zero-order valence-electron chi connectivity index (χ0n) is 10.4. The summed E-state index contributed by atoms with van der Waals surface area (Å²) in [6.07, 6.45) is 0. The van der Waals surface area contributed by atoms with Crippen LogP contribution in [0.15, 0.2) is 42.5 Å². The Morgan fingerprint density at radius 1 is 1.17 bits per heavy atom. The number of nitrogens with zero attached hydrogens (tertiary/aromatic N) is 1. The lowest BCUT2D eigenvalue weighted by molar-refractivity contribution is -0.121. The van der Waals surface area contributed by atoms with Gasteiger partial charge >= 0.3 is 0 Å². The van der Waals surface area contributed by atoms with E-state index in [2.05, 4.69) is 5.32 Å². The van der Waals surface area contributed by atoms with E-state index < -0.39 is 5.41 Å². The van der Waals surface area contributed by atoms with E-state index >= 15 is 0 Å². The number of anilines is 1. The van der Waals surface area contributed by atoms with E-state index in [-0.39, 0.29) is 5.91 Å². The van der Waals surface area contributed by atoms with Gasteiger partial charge in [-0.15, -0.1) is 0 Å². The highest BCUT2D eigenvalue weighted by Gasteiger charge is 2.27. The molecule has 0 bridgehead atoms. The minimum absolute atomic E-state index is 0.291. The van der Waals surface area contributed by atoms with E-state index in [0.29, 0.717) is 5.69 Å². The average molecular weight is 238 g/mol. The zero-order chi connectivity index (χ0) is 13.2. The SMILES string of the molecule is CC(C)(C#N)C(=O)Nc1ccc2ccccc2c1. The lowest BCUT2D eigenvalue weighted by atomic mass is 9.94. The fourth-order valence-electron chi connectivity index (χ4n) is 1.61. The molecule has 3 nitrogen and oxygen atoms in total. The number of carbonyl (C=O) groups is 1. The second kappa shape index (κ2) is 4.50. The van der Waals surface area contributed by atoms with Crippen molar-refractivity contribution in [3.63, 3.8) is 0 Å². The fourth-order valence-corrected chi connectivity index (χ4v) is 1.61. The number of fused-ring (bicyclic) bond motifs is 1. The quantitative estimate of drug-likeness (QED) is 0.872. The number of carbonyl (C=O) groups excluding carboxylic acids is 1. The highest BCUT2D eigenvalue weighted by atomic mass is 16.2. The number of rotatable bonds is 2. The van der Waals surface area contributed by atoms with Gasteiger partial charge in [-0.3, -0.25) is 4.79 Å². The molecule has 0 saturated carbocycles. The molecule has 2 aromatic carbocycles. The Hall–Kier alpha value is -2.34. The van der Waals surface area contributed by atoms with Crippen LogP contribution >= 0.6 is 0 Å². The molecule has 1 amide bonds. The third-order valence-electron chi connectivity index (χ3n) is 2.85. The zero-order valence-corrected chi connectivity index (χ0v) is 10.4. The van der Waals surface area contributed by atoms with Gasteiger partial charge in [-0.25, -0.2) is 0 Å². The van der Waals surface area contributed by atoms with Crippen LogP contribution in [-0.2, 0) is 4.79 Å². The summed E-state index contributed by atoms with van der Waals surface area (Å²) in [7, 11) is 0. The van der Waals surface area contributed by atoms with Crippen LogP contribution < -0.4 is 5.32 Å². The van der Waals surface area contributed by atoms with Gasteiger partial charge in [-0.1, -0.05) is 30.3 Å². The van der Waals surface area contributed by atoms with Crippen LogP contribution in [0.4, 0.5) is 5.69 Å². The van der Waals surface area contributed by atoms with E-state index in [1.54, 1.807) is 13.8 Å². The van der Waals surface area contributed by atoms with Crippen molar-refractivity contribution in [2.45, 2.75) is 13.8 Å². The van der Waals surface area contributed by atoms with E-state index in [4.69, 9.17) is 5.26 Å². The van der Waals surface area contributed by atoms with Crippen LogP contribution in [0.5, 0.6) is 0 Å². The van der Waals surface area contributed by atoms with Crippen LogP contribution in [0.2, 0.25) is 0 Å². The van der Waals surface area contributed by atoms with Crippen molar-refractivity contribution < 1.29 is 4.79 Å². The topological polar surface area (TPSA) is 52.9 Å². The molecule has 0 aromatic heterocycles. The van der Waals surface area contributed by atoms with Crippen molar-refractivity contribution in [3.05, 3.63) is 42.5 Å². The molecule has 0 aliphatic heterocycles. The standard InChI is InChI=1S/C15H14N2O/c1-15(2,10-16)14(18)17-13-8-7-11-5-3-4-6-12(11)9-13/h3-9H,1-2H3,(H,17,18). The van der Waals surface area contributed by atoms with Crippen molar-refractivity contribution in [1.82, 2.24) is 0 Å². The van der Waals surface area contributed by atoms with Crippen molar-refractivity contribution in [3.8, 4) is 6.07 Å². The smallest absolute Gasteiger partial charge is 0.244 e. The Balaban J connectivity index is 2.28. The van der Waals surface area contributed by atoms with Crippen LogP contribution in [0.3, 0.4) is 0 Å². The maximum Gasteiger partial charge on any atom is 0.244 e. The third kappa shape index (κ3) is 2.33. The van der Waals surface area contributed by atoms with Gasteiger partial charge in [0, 0.05) is 5.69 Å². The van der Waals surface area contributed by atoms with Gasteiger partial charge in [0.15, 0.2) is 0 Å². The molecule has 3 heteroatoms. The molecule has 0 atom stereocenters. The monoisotopic (exact) mass is 238 g/mol. The first-order valence-electron chi connectivity index (χ1n) is 5.74. The Bertz CT molecular complexity index is 638. The predicted molar refractivity (Wildman–Crippen MR) is 72.0 cm³/mol. The summed E-state index contributed by atoms with van der Waals surface area (Å²) < 4.78 is 0. The first kappa shape index (κ1) is 12.1. The molecular formula is C15H14N2O. The summed E-state index contributed by atoms with van der Waals surface area (Å²) in [6, 6.07) is 15.6. The minimum atomic E-state index is -1.02. The van der Waals surface area contributed by atoms with E-state index in [1.165, 1.54) is 0 Å². The minimum Gasteiger partial charge on any atom is -0.325 e. The van der Waals surface area contributed by atoms with Crippen LogP contribution in [-0.4, -0.2) is 5.91 Å². The van der Waals surface area contributed by atoms with E-state index in [1.807, 2.05) is 48.5 Å². The first-order valence-corrected chi connectivity index (χ1v) is 5.74. The summed E-state index contributed by atoms with van der Waals surface area (Å²) in [5, 5.41) is 13.8.